The van der Waals surface area contributed by atoms with E-state index in [4.69, 9.17) is 21.1 Å². The van der Waals surface area contributed by atoms with Crippen LogP contribution in [0.1, 0.15) is 39.3 Å². The number of aromatic nitrogens is 1. The minimum Gasteiger partial charge on any atom is -0.496 e. The maximum Gasteiger partial charge on any atom is 0.338 e. The second-order valence-electron chi connectivity index (χ2n) is 9.07. The first-order valence-corrected chi connectivity index (χ1v) is 11.6. The highest BCUT2D eigenvalue weighted by molar-refractivity contribution is 6.31. The van der Waals surface area contributed by atoms with Gasteiger partial charge >= 0.3 is 5.97 Å². The molecule has 6 heteroatoms. The van der Waals surface area contributed by atoms with E-state index in [1.165, 1.54) is 0 Å². The van der Waals surface area contributed by atoms with Gasteiger partial charge in [-0.15, -0.1) is 0 Å². The maximum atomic E-state index is 12.4. The van der Waals surface area contributed by atoms with Gasteiger partial charge in [0.2, 0.25) is 0 Å². The molecule has 0 bridgehead atoms. The molecule has 1 saturated heterocycles. The zero-order chi connectivity index (χ0) is 23.0. The van der Waals surface area contributed by atoms with Crippen molar-refractivity contribution in [2.75, 3.05) is 7.11 Å². The molecule has 2 aromatic rings. The van der Waals surface area contributed by atoms with Crippen molar-refractivity contribution in [3.63, 3.8) is 0 Å². The number of benzene rings is 1. The normalized spacial score (nSPS) is 32.1. The molecular formula is C26H30ClNO4. The Morgan fingerprint density at radius 1 is 1.31 bits per heavy atom. The highest BCUT2D eigenvalue weighted by Gasteiger charge is 2.62. The van der Waals surface area contributed by atoms with Crippen LogP contribution in [0.4, 0.5) is 0 Å². The van der Waals surface area contributed by atoms with Crippen molar-refractivity contribution in [3.8, 4) is 16.9 Å². The Morgan fingerprint density at radius 3 is 2.75 bits per heavy atom. The number of cyclic esters (lactones) is 1. The Morgan fingerprint density at radius 2 is 2.09 bits per heavy atom. The van der Waals surface area contributed by atoms with Crippen molar-refractivity contribution in [3.05, 3.63) is 53.3 Å². The van der Waals surface area contributed by atoms with E-state index in [1.54, 1.807) is 19.4 Å². The summed E-state index contributed by atoms with van der Waals surface area (Å²) in [7, 11) is 1.63. The lowest BCUT2D eigenvalue weighted by Crippen LogP contribution is -2.53. The lowest BCUT2D eigenvalue weighted by molar-refractivity contribution is -0.160. The number of nitrogens with zero attached hydrogens (tertiary/aromatic N) is 1. The molecule has 2 aliphatic rings. The molecule has 5 nitrogen and oxygen atoms in total. The van der Waals surface area contributed by atoms with Crippen LogP contribution in [0.15, 0.2) is 42.6 Å². The number of ether oxygens (including phenoxy) is 2. The van der Waals surface area contributed by atoms with Crippen molar-refractivity contribution in [1.82, 2.24) is 4.98 Å². The second kappa shape index (κ2) is 8.87. The number of carbonyl (C=O) groups excluding carboxylic acids is 1. The summed E-state index contributed by atoms with van der Waals surface area (Å²) in [5, 5.41) is 11.8. The van der Waals surface area contributed by atoms with Gasteiger partial charge in [0, 0.05) is 28.3 Å². The summed E-state index contributed by atoms with van der Waals surface area (Å²) in [5.74, 6) is 0.628. The number of halogens is 1. The lowest BCUT2D eigenvalue weighted by Gasteiger charge is -2.45. The van der Waals surface area contributed by atoms with Gasteiger partial charge in [-0.25, -0.2) is 4.79 Å². The van der Waals surface area contributed by atoms with Gasteiger partial charge in [-0.1, -0.05) is 44.0 Å². The molecule has 6 atom stereocenters. The van der Waals surface area contributed by atoms with Crippen molar-refractivity contribution in [2.24, 2.45) is 23.7 Å². The Bertz CT molecular complexity index is 1020. The van der Waals surface area contributed by atoms with Crippen molar-refractivity contribution < 1.29 is 19.4 Å². The van der Waals surface area contributed by atoms with Crippen LogP contribution in [0.3, 0.4) is 0 Å². The number of methoxy groups -OCH3 is 1. The molecule has 170 valence electrons. The fourth-order valence-electron chi connectivity index (χ4n) is 5.72. The summed E-state index contributed by atoms with van der Waals surface area (Å²) >= 11 is 6.17. The van der Waals surface area contributed by atoms with E-state index in [0.29, 0.717) is 17.4 Å². The molecule has 4 rings (SSSR count). The molecule has 1 N–H and O–H groups in total. The predicted octanol–water partition coefficient (Wildman–Crippen LogP) is 5.40. The first kappa shape index (κ1) is 22.8. The van der Waals surface area contributed by atoms with Crippen LogP contribution in [0, 0.1) is 23.7 Å². The van der Waals surface area contributed by atoms with Crippen LogP contribution in [0.25, 0.3) is 17.2 Å². The molecule has 1 aromatic carbocycles. The van der Waals surface area contributed by atoms with Gasteiger partial charge in [-0.3, -0.25) is 4.98 Å². The summed E-state index contributed by atoms with van der Waals surface area (Å²) in [6, 6.07) is 9.44. The number of fused-ring (bicyclic) bond motifs is 1. The first-order chi connectivity index (χ1) is 15.3. The second-order valence-corrected chi connectivity index (χ2v) is 9.50. The number of pyridine rings is 1. The number of esters is 1. The summed E-state index contributed by atoms with van der Waals surface area (Å²) in [6.45, 7) is 6.17. The summed E-state index contributed by atoms with van der Waals surface area (Å²) in [6.07, 6.45) is 7.02. The van der Waals surface area contributed by atoms with E-state index in [1.807, 2.05) is 37.3 Å². The van der Waals surface area contributed by atoms with Crippen LogP contribution in [-0.4, -0.2) is 34.9 Å². The van der Waals surface area contributed by atoms with Crippen LogP contribution in [0.2, 0.25) is 5.02 Å². The Hall–Kier alpha value is -2.37. The average Bonchev–Trinajstić information content (AvgIpc) is 2.99. The molecule has 1 aliphatic carbocycles. The SMILES string of the molecule is CCC1C(C)CC2(O)C(=O)OC(C)C2C1/C=C/c1ccc(-c2cc(Cl)ccc2OC)cn1. The number of allylic oxidation sites excluding steroid dienone is 1. The van der Waals surface area contributed by atoms with Gasteiger partial charge < -0.3 is 14.6 Å². The highest BCUT2D eigenvalue weighted by Crippen LogP contribution is 2.52. The minimum atomic E-state index is -1.40. The third-order valence-electron chi connectivity index (χ3n) is 7.20. The van der Waals surface area contributed by atoms with E-state index >= 15 is 0 Å². The topological polar surface area (TPSA) is 68.7 Å². The Labute approximate surface area is 194 Å². The van der Waals surface area contributed by atoms with Gasteiger partial charge in [0.25, 0.3) is 0 Å². The van der Waals surface area contributed by atoms with E-state index < -0.39 is 11.6 Å². The summed E-state index contributed by atoms with van der Waals surface area (Å²) in [4.78, 5) is 17.0. The van der Waals surface area contributed by atoms with Gasteiger partial charge in [0.1, 0.15) is 11.9 Å². The molecule has 6 unspecified atom stereocenters. The standard InChI is InChI=1S/C26H30ClNO4/c1-5-20-15(2)13-26(30)24(16(3)32-25(26)29)21(20)10-9-19-8-6-17(14-28-19)22-12-18(27)7-11-23(22)31-4/h6-12,14-16,20-21,24,30H,5,13H2,1-4H3/b10-9+. The van der Waals surface area contributed by atoms with Crippen molar-refractivity contribution >= 4 is 23.6 Å². The smallest absolute Gasteiger partial charge is 0.338 e. The third kappa shape index (κ3) is 3.93. The summed E-state index contributed by atoms with van der Waals surface area (Å²) in [5.41, 5.74) is 1.21. The first-order valence-electron chi connectivity index (χ1n) is 11.2. The largest absolute Gasteiger partial charge is 0.496 e. The molecule has 1 saturated carbocycles. The van der Waals surface area contributed by atoms with Gasteiger partial charge in [0.15, 0.2) is 5.60 Å². The number of aliphatic hydroxyl groups is 1. The molecule has 1 aromatic heterocycles. The molecule has 0 amide bonds. The van der Waals surface area contributed by atoms with Crippen LogP contribution in [0.5, 0.6) is 5.75 Å². The number of carbonyl (C=O) groups is 1. The molecule has 0 spiro atoms. The van der Waals surface area contributed by atoms with Gasteiger partial charge in [-0.2, -0.15) is 0 Å². The van der Waals surface area contributed by atoms with Crippen LogP contribution >= 0.6 is 11.6 Å². The van der Waals surface area contributed by atoms with E-state index in [2.05, 4.69) is 24.9 Å². The third-order valence-corrected chi connectivity index (χ3v) is 7.43. The number of hydrogen-bond acceptors (Lipinski definition) is 5. The molecule has 0 radical (unpaired) electrons. The summed E-state index contributed by atoms with van der Waals surface area (Å²) < 4.78 is 10.9. The zero-order valence-electron chi connectivity index (χ0n) is 18.9. The number of rotatable bonds is 5. The Kier molecular flexibility index (Phi) is 6.33. The lowest BCUT2D eigenvalue weighted by atomic mass is 9.59. The highest BCUT2D eigenvalue weighted by atomic mass is 35.5. The molecule has 1 aliphatic heterocycles. The fraction of sp³-hybridized carbons (Fsp3) is 0.462. The minimum absolute atomic E-state index is 0.0321. The predicted molar refractivity (Wildman–Crippen MR) is 125 cm³/mol. The quantitative estimate of drug-likeness (QED) is 0.611. The fourth-order valence-corrected chi connectivity index (χ4v) is 5.89. The molecule has 32 heavy (non-hydrogen) atoms. The van der Waals surface area contributed by atoms with Gasteiger partial charge in [-0.05, 0) is 61.4 Å². The monoisotopic (exact) mass is 455 g/mol. The van der Waals surface area contributed by atoms with Crippen LogP contribution in [-0.2, 0) is 9.53 Å². The molecule has 2 heterocycles. The number of hydrogen-bond donors (Lipinski definition) is 1. The average molecular weight is 456 g/mol. The van der Waals surface area contributed by atoms with E-state index in [0.717, 1.165) is 29.0 Å². The zero-order valence-corrected chi connectivity index (χ0v) is 19.7. The Balaban J connectivity index is 1.62. The van der Waals surface area contributed by atoms with Crippen LogP contribution < -0.4 is 4.74 Å². The van der Waals surface area contributed by atoms with Crippen molar-refractivity contribution in [2.45, 2.75) is 45.3 Å². The van der Waals surface area contributed by atoms with Crippen molar-refractivity contribution in [1.29, 1.82) is 0 Å². The van der Waals surface area contributed by atoms with E-state index in [-0.39, 0.29) is 23.9 Å². The molecular weight excluding hydrogens is 426 g/mol. The molecule has 2 fully saturated rings. The van der Waals surface area contributed by atoms with E-state index in [9.17, 15) is 9.90 Å². The van der Waals surface area contributed by atoms with Gasteiger partial charge in [0.05, 0.1) is 12.8 Å². The maximum absolute atomic E-state index is 12.4.